The van der Waals surface area contributed by atoms with E-state index in [1.54, 1.807) is 4.90 Å². The Labute approximate surface area is 96.2 Å². The van der Waals surface area contributed by atoms with Crippen LogP contribution in [-0.4, -0.2) is 23.9 Å². The summed E-state index contributed by atoms with van der Waals surface area (Å²) in [6, 6.07) is 10.1. The van der Waals surface area contributed by atoms with Crippen molar-refractivity contribution in [1.29, 1.82) is 0 Å². The largest absolute Gasteiger partial charge is 0.337 e. The second-order valence-corrected chi connectivity index (χ2v) is 4.42. The highest BCUT2D eigenvalue weighted by molar-refractivity contribution is 5.76. The smallest absolute Gasteiger partial charge is 0.222 e. The van der Waals surface area contributed by atoms with E-state index in [2.05, 4.69) is 0 Å². The number of nitrogens with two attached hydrogens (primary N) is 1. The number of amides is 1. The lowest BCUT2D eigenvalue weighted by Crippen LogP contribution is -2.39. The van der Waals surface area contributed by atoms with Crippen LogP contribution in [0, 0.1) is 0 Å². The molecule has 2 N–H and O–H groups in total. The number of likely N-dealkylation sites (N-methyl/N-ethyl adjacent to an activating group) is 1. The van der Waals surface area contributed by atoms with Gasteiger partial charge in [-0.1, -0.05) is 30.3 Å². The Morgan fingerprint density at radius 3 is 2.69 bits per heavy atom. The van der Waals surface area contributed by atoms with Crippen LogP contribution in [0.1, 0.15) is 30.9 Å². The van der Waals surface area contributed by atoms with Crippen molar-refractivity contribution < 1.29 is 4.79 Å². The molecule has 1 fully saturated rings. The summed E-state index contributed by atoms with van der Waals surface area (Å²) in [4.78, 5) is 13.6. The lowest BCUT2D eigenvalue weighted by molar-refractivity contribution is -0.131. The molecule has 0 saturated carbocycles. The summed E-state index contributed by atoms with van der Waals surface area (Å²) in [5.74, 6) is 0.196. The van der Waals surface area contributed by atoms with Crippen LogP contribution in [-0.2, 0) is 4.79 Å². The van der Waals surface area contributed by atoms with Crippen LogP contribution in [0.2, 0.25) is 0 Å². The van der Waals surface area contributed by atoms with Crippen molar-refractivity contribution in [3.05, 3.63) is 35.9 Å². The molecule has 1 aliphatic heterocycles. The van der Waals surface area contributed by atoms with E-state index in [4.69, 9.17) is 5.73 Å². The first-order valence-corrected chi connectivity index (χ1v) is 5.76. The number of benzene rings is 1. The normalized spacial score (nSPS) is 26.6. The van der Waals surface area contributed by atoms with Crippen LogP contribution in [0.15, 0.2) is 30.3 Å². The number of carbonyl (C=O) groups excluding carboxylic acids is 1. The number of nitrogens with zero attached hydrogens (tertiary/aromatic N) is 1. The van der Waals surface area contributed by atoms with Crippen LogP contribution >= 0.6 is 0 Å². The van der Waals surface area contributed by atoms with Gasteiger partial charge < -0.3 is 10.6 Å². The van der Waals surface area contributed by atoms with Gasteiger partial charge in [0.2, 0.25) is 5.91 Å². The van der Waals surface area contributed by atoms with Gasteiger partial charge in [-0.15, -0.1) is 0 Å². The molecule has 2 atom stereocenters. The van der Waals surface area contributed by atoms with Gasteiger partial charge in [-0.25, -0.2) is 0 Å². The zero-order valence-corrected chi connectivity index (χ0v) is 9.60. The molecule has 0 radical (unpaired) electrons. The Bertz CT molecular complexity index is 363. The average molecular weight is 218 g/mol. The SMILES string of the molecule is CN1C(=O)CCCC(N)C1c1ccccc1. The van der Waals surface area contributed by atoms with Gasteiger partial charge in [-0.2, -0.15) is 0 Å². The Hall–Kier alpha value is -1.35. The van der Waals surface area contributed by atoms with E-state index in [0.29, 0.717) is 6.42 Å². The van der Waals surface area contributed by atoms with Gasteiger partial charge in [0.15, 0.2) is 0 Å². The number of rotatable bonds is 1. The molecule has 1 amide bonds. The lowest BCUT2D eigenvalue weighted by Gasteiger charge is -2.30. The minimum absolute atomic E-state index is 0.0243. The second-order valence-electron chi connectivity index (χ2n) is 4.42. The summed E-state index contributed by atoms with van der Waals surface area (Å²) in [6.45, 7) is 0. The molecule has 3 nitrogen and oxygen atoms in total. The fourth-order valence-electron chi connectivity index (χ4n) is 2.39. The average Bonchev–Trinajstić information content (AvgIpc) is 2.41. The third-order valence-corrected chi connectivity index (χ3v) is 3.29. The summed E-state index contributed by atoms with van der Waals surface area (Å²) in [5.41, 5.74) is 7.30. The molecule has 0 spiro atoms. The zero-order valence-electron chi connectivity index (χ0n) is 9.60. The number of carbonyl (C=O) groups is 1. The Morgan fingerprint density at radius 2 is 2.00 bits per heavy atom. The van der Waals surface area contributed by atoms with Crippen molar-refractivity contribution in [3.63, 3.8) is 0 Å². The molecule has 1 heterocycles. The fourth-order valence-corrected chi connectivity index (χ4v) is 2.39. The molecule has 1 aromatic rings. The van der Waals surface area contributed by atoms with Crippen molar-refractivity contribution in [2.45, 2.75) is 31.3 Å². The summed E-state index contributed by atoms with van der Waals surface area (Å²) in [6.07, 6.45) is 2.43. The first-order chi connectivity index (χ1) is 7.70. The zero-order chi connectivity index (χ0) is 11.5. The van der Waals surface area contributed by atoms with E-state index in [9.17, 15) is 4.79 Å². The van der Waals surface area contributed by atoms with E-state index in [0.717, 1.165) is 18.4 Å². The molecule has 1 aliphatic rings. The van der Waals surface area contributed by atoms with Gasteiger partial charge in [0.25, 0.3) is 0 Å². The van der Waals surface area contributed by atoms with Crippen LogP contribution in [0.4, 0.5) is 0 Å². The highest BCUT2D eigenvalue weighted by Crippen LogP contribution is 2.28. The molecule has 2 unspecified atom stereocenters. The standard InChI is InChI=1S/C13H18N2O/c1-15-12(16)9-5-8-11(14)13(15)10-6-3-2-4-7-10/h2-4,6-7,11,13H,5,8-9,14H2,1H3. The lowest BCUT2D eigenvalue weighted by atomic mass is 9.97. The maximum Gasteiger partial charge on any atom is 0.222 e. The molecule has 0 bridgehead atoms. The maximum atomic E-state index is 11.8. The van der Waals surface area contributed by atoms with Crippen molar-refractivity contribution in [2.24, 2.45) is 5.73 Å². The highest BCUT2D eigenvalue weighted by Gasteiger charge is 2.29. The highest BCUT2D eigenvalue weighted by atomic mass is 16.2. The quantitative estimate of drug-likeness (QED) is 0.779. The van der Waals surface area contributed by atoms with Gasteiger partial charge in [-0.3, -0.25) is 4.79 Å². The molecule has 16 heavy (non-hydrogen) atoms. The van der Waals surface area contributed by atoms with E-state index < -0.39 is 0 Å². The van der Waals surface area contributed by atoms with E-state index >= 15 is 0 Å². The summed E-state index contributed by atoms with van der Waals surface area (Å²) >= 11 is 0. The molecule has 0 aliphatic carbocycles. The molecule has 2 rings (SSSR count). The summed E-state index contributed by atoms with van der Waals surface area (Å²) in [5, 5.41) is 0. The Balaban J connectivity index is 2.31. The van der Waals surface area contributed by atoms with Gasteiger partial charge in [-0.05, 0) is 18.4 Å². The molecule has 3 heteroatoms. The van der Waals surface area contributed by atoms with Crippen molar-refractivity contribution in [1.82, 2.24) is 4.90 Å². The second kappa shape index (κ2) is 4.66. The molecule has 86 valence electrons. The third kappa shape index (κ3) is 2.09. The van der Waals surface area contributed by atoms with Gasteiger partial charge in [0.1, 0.15) is 0 Å². The van der Waals surface area contributed by atoms with Gasteiger partial charge >= 0.3 is 0 Å². The monoisotopic (exact) mass is 218 g/mol. The minimum atomic E-state index is 0.0243. The predicted molar refractivity (Wildman–Crippen MR) is 63.8 cm³/mol. The van der Waals surface area contributed by atoms with E-state index in [1.807, 2.05) is 37.4 Å². The van der Waals surface area contributed by atoms with Crippen molar-refractivity contribution >= 4 is 5.91 Å². The molecular weight excluding hydrogens is 200 g/mol. The predicted octanol–water partition coefficient (Wildman–Crippen LogP) is 1.70. The first-order valence-electron chi connectivity index (χ1n) is 5.76. The third-order valence-electron chi connectivity index (χ3n) is 3.29. The fraction of sp³-hybridized carbons (Fsp3) is 0.462. The van der Waals surface area contributed by atoms with Gasteiger partial charge in [0.05, 0.1) is 6.04 Å². The van der Waals surface area contributed by atoms with Crippen molar-refractivity contribution in [2.75, 3.05) is 7.05 Å². The summed E-state index contributed by atoms with van der Waals surface area (Å²) in [7, 11) is 1.85. The maximum absolute atomic E-state index is 11.8. The van der Waals surface area contributed by atoms with Crippen LogP contribution in [0.3, 0.4) is 0 Å². The van der Waals surface area contributed by atoms with Crippen LogP contribution in [0.25, 0.3) is 0 Å². The first kappa shape index (κ1) is 11.1. The molecular formula is C13H18N2O. The van der Waals surface area contributed by atoms with Crippen LogP contribution < -0.4 is 5.73 Å². The minimum Gasteiger partial charge on any atom is -0.337 e. The van der Waals surface area contributed by atoms with E-state index in [-0.39, 0.29) is 18.0 Å². The number of hydrogen-bond acceptors (Lipinski definition) is 2. The van der Waals surface area contributed by atoms with E-state index in [1.165, 1.54) is 0 Å². The Kier molecular flexibility index (Phi) is 3.25. The molecule has 1 saturated heterocycles. The van der Waals surface area contributed by atoms with Crippen molar-refractivity contribution in [3.8, 4) is 0 Å². The number of likely N-dealkylation sites (tertiary alicyclic amines) is 1. The van der Waals surface area contributed by atoms with Crippen LogP contribution in [0.5, 0.6) is 0 Å². The Morgan fingerprint density at radius 1 is 1.31 bits per heavy atom. The summed E-state index contributed by atoms with van der Waals surface area (Å²) < 4.78 is 0. The molecule has 0 aromatic heterocycles. The van der Waals surface area contributed by atoms with Gasteiger partial charge in [0, 0.05) is 19.5 Å². The topological polar surface area (TPSA) is 46.3 Å². The molecule has 1 aromatic carbocycles. The number of hydrogen-bond donors (Lipinski definition) is 1.